The Morgan fingerprint density at radius 1 is 1.21 bits per heavy atom. The van der Waals surface area contributed by atoms with E-state index in [0.717, 1.165) is 12.5 Å². The predicted molar refractivity (Wildman–Crippen MR) is 55.7 cm³/mol. The van der Waals surface area contributed by atoms with Gasteiger partial charge in [0.05, 0.1) is 6.54 Å². The van der Waals surface area contributed by atoms with Gasteiger partial charge in [0.2, 0.25) is 5.91 Å². The van der Waals surface area contributed by atoms with Crippen molar-refractivity contribution in [3.8, 4) is 0 Å². The third-order valence-corrected chi connectivity index (χ3v) is 3.74. The summed E-state index contributed by atoms with van der Waals surface area (Å²) in [5, 5.41) is 0. The Hall–Kier alpha value is -0.570. The minimum absolute atomic E-state index is 0.154. The van der Waals surface area contributed by atoms with Gasteiger partial charge in [0.15, 0.2) is 0 Å². The van der Waals surface area contributed by atoms with Crippen molar-refractivity contribution in [2.75, 3.05) is 13.1 Å². The minimum Gasteiger partial charge on any atom is -0.338 e. The van der Waals surface area contributed by atoms with Crippen LogP contribution in [-0.4, -0.2) is 29.9 Å². The molecule has 2 rings (SSSR count). The molecule has 1 heterocycles. The van der Waals surface area contributed by atoms with Gasteiger partial charge < -0.3 is 10.6 Å². The number of nitrogens with zero attached hydrogens (tertiary/aromatic N) is 1. The Morgan fingerprint density at radius 3 is 2.71 bits per heavy atom. The van der Waals surface area contributed by atoms with E-state index in [-0.39, 0.29) is 12.5 Å². The van der Waals surface area contributed by atoms with E-state index >= 15 is 0 Å². The van der Waals surface area contributed by atoms with Gasteiger partial charge in [-0.15, -0.1) is 0 Å². The molecule has 3 nitrogen and oxygen atoms in total. The Kier molecular flexibility index (Phi) is 3.06. The maximum atomic E-state index is 11.6. The fourth-order valence-electron chi connectivity index (χ4n) is 3.05. The number of hydrogen-bond acceptors (Lipinski definition) is 2. The van der Waals surface area contributed by atoms with Gasteiger partial charge in [-0.2, -0.15) is 0 Å². The lowest BCUT2D eigenvalue weighted by Crippen LogP contribution is -2.51. The highest BCUT2D eigenvalue weighted by Crippen LogP contribution is 2.35. The predicted octanol–water partition coefficient (Wildman–Crippen LogP) is 1.13. The number of rotatable bonds is 1. The molecule has 0 aromatic rings. The summed E-state index contributed by atoms with van der Waals surface area (Å²) >= 11 is 0. The molecule has 1 saturated heterocycles. The van der Waals surface area contributed by atoms with Crippen molar-refractivity contribution in [2.45, 2.75) is 44.6 Å². The fourth-order valence-corrected chi connectivity index (χ4v) is 3.05. The van der Waals surface area contributed by atoms with Gasteiger partial charge in [-0.25, -0.2) is 0 Å². The molecule has 2 atom stereocenters. The van der Waals surface area contributed by atoms with Gasteiger partial charge in [-0.3, -0.25) is 4.79 Å². The molecule has 0 spiro atoms. The molecule has 0 aromatic heterocycles. The Morgan fingerprint density at radius 2 is 1.93 bits per heavy atom. The summed E-state index contributed by atoms with van der Waals surface area (Å²) in [5.74, 6) is 0.926. The smallest absolute Gasteiger partial charge is 0.236 e. The number of carbonyl (C=O) groups excluding carboxylic acids is 1. The van der Waals surface area contributed by atoms with Crippen molar-refractivity contribution < 1.29 is 4.79 Å². The molecular formula is C11H20N2O. The monoisotopic (exact) mass is 196 g/mol. The van der Waals surface area contributed by atoms with Crippen LogP contribution in [0.1, 0.15) is 38.5 Å². The summed E-state index contributed by atoms with van der Waals surface area (Å²) in [6.07, 6.45) is 7.66. The first kappa shape index (κ1) is 9.97. The highest BCUT2D eigenvalue weighted by Gasteiger charge is 2.34. The number of carbonyl (C=O) groups is 1. The summed E-state index contributed by atoms with van der Waals surface area (Å²) in [5.41, 5.74) is 5.43. The summed E-state index contributed by atoms with van der Waals surface area (Å²) in [7, 11) is 0. The van der Waals surface area contributed by atoms with Crippen LogP contribution in [0.25, 0.3) is 0 Å². The lowest BCUT2D eigenvalue weighted by molar-refractivity contribution is -0.135. The third kappa shape index (κ3) is 1.78. The van der Waals surface area contributed by atoms with Gasteiger partial charge in [-0.05, 0) is 31.6 Å². The van der Waals surface area contributed by atoms with Crippen LogP contribution in [0.15, 0.2) is 0 Å². The van der Waals surface area contributed by atoms with E-state index in [4.69, 9.17) is 5.73 Å². The zero-order valence-corrected chi connectivity index (χ0v) is 8.74. The molecule has 2 fully saturated rings. The molecule has 3 heteroatoms. The second kappa shape index (κ2) is 4.30. The number of amides is 1. The molecule has 0 bridgehead atoms. The van der Waals surface area contributed by atoms with E-state index in [0.29, 0.717) is 6.04 Å². The third-order valence-electron chi connectivity index (χ3n) is 3.74. The van der Waals surface area contributed by atoms with Gasteiger partial charge in [0, 0.05) is 12.6 Å². The van der Waals surface area contributed by atoms with Crippen LogP contribution in [0.5, 0.6) is 0 Å². The van der Waals surface area contributed by atoms with Crippen LogP contribution in [0.4, 0.5) is 0 Å². The van der Waals surface area contributed by atoms with Crippen molar-refractivity contribution in [1.29, 1.82) is 0 Å². The average Bonchev–Trinajstić information content (AvgIpc) is 2.27. The maximum Gasteiger partial charge on any atom is 0.236 e. The van der Waals surface area contributed by atoms with Crippen molar-refractivity contribution in [1.82, 2.24) is 4.90 Å². The van der Waals surface area contributed by atoms with Gasteiger partial charge in [0.25, 0.3) is 0 Å². The van der Waals surface area contributed by atoms with E-state index in [9.17, 15) is 4.79 Å². The second-order valence-electron chi connectivity index (χ2n) is 4.55. The van der Waals surface area contributed by atoms with Crippen LogP contribution in [-0.2, 0) is 4.79 Å². The molecule has 2 N–H and O–H groups in total. The van der Waals surface area contributed by atoms with Gasteiger partial charge >= 0.3 is 0 Å². The number of likely N-dealkylation sites (tertiary alicyclic amines) is 1. The van der Waals surface area contributed by atoms with E-state index in [2.05, 4.69) is 0 Å². The fraction of sp³-hybridized carbons (Fsp3) is 0.909. The Balaban J connectivity index is 2.04. The molecule has 0 unspecified atom stereocenters. The van der Waals surface area contributed by atoms with Crippen LogP contribution >= 0.6 is 0 Å². The molecule has 0 radical (unpaired) electrons. The van der Waals surface area contributed by atoms with Crippen molar-refractivity contribution >= 4 is 5.91 Å². The number of nitrogens with two attached hydrogens (primary N) is 1. The normalized spacial score (nSPS) is 32.5. The first-order chi connectivity index (χ1) is 6.83. The molecule has 2 aliphatic rings. The second-order valence-corrected chi connectivity index (χ2v) is 4.55. The van der Waals surface area contributed by atoms with Crippen LogP contribution in [0.3, 0.4) is 0 Å². The summed E-state index contributed by atoms with van der Waals surface area (Å²) in [6.45, 7) is 1.13. The zero-order chi connectivity index (χ0) is 9.97. The molecular weight excluding hydrogens is 176 g/mol. The summed E-state index contributed by atoms with van der Waals surface area (Å²) in [4.78, 5) is 13.7. The van der Waals surface area contributed by atoms with E-state index < -0.39 is 0 Å². The Bertz CT molecular complexity index is 215. The van der Waals surface area contributed by atoms with E-state index in [1.165, 1.54) is 38.5 Å². The Labute approximate surface area is 85.6 Å². The highest BCUT2D eigenvalue weighted by molar-refractivity contribution is 5.78. The lowest BCUT2D eigenvalue weighted by Gasteiger charge is -2.44. The van der Waals surface area contributed by atoms with Gasteiger partial charge in [0.1, 0.15) is 0 Å². The molecule has 1 amide bonds. The van der Waals surface area contributed by atoms with Gasteiger partial charge in [-0.1, -0.05) is 12.8 Å². The van der Waals surface area contributed by atoms with E-state index in [1.54, 1.807) is 0 Å². The minimum atomic E-state index is 0.154. The van der Waals surface area contributed by atoms with Crippen molar-refractivity contribution in [3.05, 3.63) is 0 Å². The van der Waals surface area contributed by atoms with Crippen LogP contribution in [0, 0.1) is 5.92 Å². The number of piperidine rings is 1. The number of fused-ring (bicyclic) bond motifs is 1. The SMILES string of the molecule is NCC(=O)N1CCC[C@H]2CCCC[C@H]21. The van der Waals surface area contributed by atoms with Crippen LogP contribution in [0.2, 0.25) is 0 Å². The topological polar surface area (TPSA) is 46.3 Å². The molecule has 80 valence electrons. The highest BCUT2D eigenvalue weighted by atomic mass is 16.2. The quantitative estimate of drug-likeness (QED) is 0.683. The van der Waals surface area contributed by atoms with Crippen molar-refractivity contribution in [3.63, 3.8) is 0 Å². The first-order valence-corrected chi connectivity index (χ1v) is 5.82. The molecule has 14 heavy (non-hydrogen) atoms. The maximum absolute atomic E-state index is 11.6. The molecule has 1 saturated carbocycles. The van der Waals surface area contributed by atoms with Crippen molar-refractivity contribution in [2.24, 2.45) is 11.7 Å². The zero-order valence-electron chi connectivity index (χ0n) is 8.74. The summed E-state index contributed by atoms with van der Waals surface area (Å²) in [6, 6.07) is 0.522. The lowest BCUT2D eigenvalue weighted by atomic mass is 9.78. The average molecular weight is 196 g/mol. The molecule has 0 aromatic carbocycles. The standard InChI is InChI=1S/C11H20N2O/c12-8-11(14)13-7-3-5-9-4-1-2-6-10(9)13/h9-10H,1-8,12H2/t9-,10-/m1/s1. The largest absolute Gasteiger partial charge is 0.338 e. The molecule has 1 aliphatic heterocycles. The first-order valence-electron chi connectivity index (χ1n) is 5.82. The number of hydrogen-bond donors (Lipinski definition) is 1. The summed E-state index contributed by atoms with van der Waals surface area (Å²) < 4.78 is 0. The molecule has 1 aliphatic carbocycles. The van der Waals surface area contributed by atoms with E-state index in [1.807, 2.05) is 4.90 Å². The van der Waals surface area contributed by atoms with Crippen LogP contribution < -0.4 is 5.73 Å².